The summed E-state index contributed by atoms with van der Waals surface area (Å²) >= 11 is 0. The van der Waals surface area contributed by atoms with Crippen molar-refractivity contribution in [2.45, 2.75) is 56.9 Å². The highest BCUT2D eigenvalue weighted by Crippen LogP contribution is 2.18. The van der Waals surface area contributed by atoms with Gasteiger partial charge < -0.3 is 25.0 Å². The zero-order valence-electron chi connectivity index (χ0n) is 14.4. The highest BCUT2D eigenvalue weighted by atomic mass is 16.5. The predicted octanol–water partition coefficient (Wildman–Crippen LogP) is 1.21. The van der Waals surface area contributed by atoms with E-state index in [9.17, 15) is 9.90 Å². The molecule has 0 aromatic rings. The Balaban J connectivity index is 1.78. The average molecular weight is 325 g/mol. The summed E-state index contributed by atoms with van der Waals surface area (Å²) in [5.41, 5.74) is 0. The van der Waals surface area contributed by atoms with Crippen LogP contribution in [0.15, 0.2) is 12.7 Å². The number of hydrogen-bond donors (Lipinski definition) is 2. The van der Waals surface area contributed by atoms with Crippen LogP contribution in [0.2, 0.25) is 0 Å². The van der Waals surface area contributed by atoms with Crippen molar-refractivity contribution < 1.29 is 14.6 Å². The zero-order chi connectivity index (χ0) is 16.8. The fourth-order valence-corrected chi connectivity index (χ4v) is 3.52. The molecule has 0 radical (unpaired) electrons. The van der Waals surface area contributed by atoms with Gasteiger partial charge in [0.05, 0.1) is 18.2 Å². The number of carbonyl (C=O) groups excluding carboxylic acids is 1. The first-order valence-corrected chi connectivity index (χ1v) is 8.69. The molecule has 2 amide bonds. The van der Waals surface area contributed by atoms with E-state index < -0.39 is 0 Å². The maximum atomic E-state index is 12.5. The average Bonchev–Trinajstić information content (AvgIpc) is 2.55. The lowest BCUT2D eigenvalue weighted by Crippen LogP contribution is -2.54. The third kappa shape index (κ3) is 5.19. The standard InChI is InChI=1S/C17H31N3O3/c1-4-16-15(6-5-11-23-16)18-17(22)20-9-7-14(8-10-20)19(3)12-13(2)21/h4,13-16,21H,1,5-12H2,2-3H3,(H,18,22)/t13?,15-,16+/m1/s1. The van der Waals surface area contributed by atoms with Crippen molar-refractivity contribution in [2.24, 2.45) is 0 Å². The number of aliphatic hydroxyl groups excluding tert-OH is 1. The number of likely N-dealkylation sites (tertiary alicyclic amines) is 1. The number of aliphatic hydroxyl groups is 1. The molecule has 0 spiro atoms. The van der Waals surface area contributed by atoms with E-state index >= 15 is 0 Å². The minimum absolute atomic E-state index is 0.00368. The van der Waals surface area contributed by atoms with Gasteiger partial charge in [-0.1, -0.05) is 6.08 Å². The first kappa shape index (κ1) is 18.2. The second-order valence-electron chi connectivity index (χ2n) is 6.78. The van der Waals surface area contributed by atoms with Crippen LogP contribution in [-0.4, -0.2) is 78.5 Å². The van der Waals surface area contributed by atoms with E-state index in [1.54, 1.807) is 13.0 Å². The van der Waals surface area contributed by atoms with E-state index in [2.05, 4.69) is 16.8 Å². The number of carbonyl (C=O) groups is 1. The summed E-state index contributed by atoms with van der Waals surface area (Å²) in [5, 5.41) is 12.6. The van der Waals surface area contributed by atoms with E-state index in [1.807, 2.05) is 11.9 Å². The molecule has 2 heterocycles. The molecule has 2 fully saturated rings. The molecule has 0 saturated carbocycles. The van der Waals surface area contributed by atoms with Gasteiger partial charge in [0.1, 0.15) is 0 Å². The Kier molecular flexibility index (Phi) is 6.87. The molecule has 2 aliphatic heterocycles. The van der Waals surface area contributed by atoms with Gasteiger partial charge in [-0.2, -0.15) is 0 Å². The monoisotopic (exact) mass is 325 g/mol. The molecular weight excluding hydrogens is 294 g/mol. The van der Waals surface area contributed by atoms with Gasteiger partial charge >= 0.3 is 6.03 Å². The second-order valence-corrected chi connectivity index (χ2v) is 6.78. The lowest BCUT2D eigenvalue weighted by Gasteiger charge is -2.38. The van der Waals surface area contributed by atoms with E-state index in [0.29, 0.717) is 12.6 Å². The third-order valence-electron chi connectivity index (χ3n) is 4.83. The van der Waals surface area contributed by atoms with Crippen molar-refractivity contribution >= 4 is 6.03 Å². The predicted molar refractivity (Wildman–Crippen MR) is 90.4 cm³/mol. The normalized spacial score (nSPS) is 27.7. The summed E-state index contributed by atoms with van der Waals surface area (Å²) in [6.45, 7) is 8.53. The lowest BCUT2D eigenvalue weighted by atomic mass is 10.0. The van der Waals surface area contributed by atoms with Gasteiger partial charge in [-0.3, -0.25) is 0 Å². The molecule has 6 nitrogen and oxygen atoms in total. The topological polar surface area (TPSA) is 65.0 Å². The van der Waals surface area contributed by atoms with Gasteiger partial charge in [0, 0.05) is 32.3 Å². The molecule has 0 aromatic carbocycles. The summed E-state index contributed by atoms with van der Waals surface area (Å²) in [6.07, 6.45) is 5.19. The molecule has 3 atom stereocenters. The van der Waals surface area contributed by atoms with Crippen molar-refractivity contribution in [3.05, 3.63) is 12.7 Å². The van der Waals surface area contributed by atoms with Crippen molar-refractivity contribution in [3.8, 4) is 0 Å². The number of nitrogens with one attached hydrogen (secondary N) is 1. The van der Waals surface area contributed by atoms with Gasteiger partial charge in [0.2, 0.25) is 0 Å². The first-order chi connectivity index (χ1) is 11.0. The third-order valence-corrected chi connectivity index (χ3v) is 4.83. The number of ether oxygens (including phenoxy) is 1. The lowest BCUT2D eigenvalue weighted by molar-refractivity contribution is 0.0214. The Morgan fingerprint density at radius 2 is 2.17 bits per heavy atom. The molecule has 23 heavy (non-hydrogen) atoms. The van der Waals surface area contributed by atoms with Crippen LogP contribution in [0.4, 0.5) is 4.79 Å². The first-order valence-electron chi connectivity index (χ1n) is 8.69. The number of hydrogen-bond acceptors (Lipinski definition) is 4. The van der Waals surface area contributed by atoms with Gasteiger partial charge in [0.15, 0.2) is 0 Å². The fourth-order valence-electron chi connectivity index (χ4n) is 3.52. The van der Waals surface area contributed by atoms with Crippen LogP contribution in [0, 0.1) is 0 Å². The molecule has 2 saturated heterocycles. The Labute approximate surface area is 139 Å². The summed E-state index contributed by atoms with van der Waals surface area (Å²) in [6, 6.07) is 0.473. The SMILES string of the molecule is C=C[C@@H]1OCCC[C@H]1NC(=O)N1CCC(N(C)CC(C)O)CC1. The Morgan fingerprint density at radius 3 is 2.78 bits per heavy atom. The summed E-state index contributed by atoms with van der Waals surface area (Å²) < 4.78 is 5.63. The second kappa shape index (κ2) is 8.66. The van der Waals surface area contributed by atoms with Crippen LogP contribution in [0.5, 0.6) is 0 Å². The van der Waals surface area contributed by atoms with E-state index in [1.165, 1.54) is 0 Å². The van der Waals surface area contributed by atoms with Crippen molar-refractivity contribution in [2.75, 3.05) is 33.3 Å². The smallest absolute Gasteiger partial charge is 0.317 e. The molecule has 6 heteroatoms. The molecule has 132 valence electrons. The maximum Gasteiger partial charge on any atom is 0.317 e. The maximum absolute atomic E-state index is 12.5. The number of likely N-dealkylation sites (N-methyl/N-ethyl adjacent to an activating group) is 1. The molecule has 2 aliphatic rings. The molecule has 0 aliphatic carbocycles. The number of amides is 2. The van der Waals surface area contributed by atoms with Crippen LogP contribution < -0.4 is 5.32 Å². The van der Waals surface area contributed by atoms with Crippen molar-refractivity contribution in [1.29, 1.82) is 0 Å². The Bertz CT molecular complexity index is 395. The quantitative estimate of drug-likeness (QED) is 0.746. The van der Waals surface area contributed by atoms with Gasteiger partial charge in [-0.05, 0) is 39.7 Å². The highest BCUT2D eigenvalue weighted by Gasteiger charge is 2.29. The highest BCUT2D eigenvalue weighted by molar-refractivity contribution is 5.74. The molecule has 0 bridgehead atoms. The van der Waals surface area contributed by atoms with Crippen molar-refractivity contribution in [3.63, 3.8) is 0 Å². The molecular formula is C17H31N3O3. The number of urea groups is 1. The minimum Gasteiger partial charge on any atom is -0.392 e. The largest absolute Gasteiger partial charge is 0.392 e. The summed E-state index contributed by atoms with van der Waals surface area (Å²) in [5.74, 6) is 0. The minimum atomic E-state index is -0.316. The zero-order valence-corrected chi connectivity index (χ0v) is 14.4. The number of piperidine rings is 1. The number of rotatable bonds is 5. The summed E-state index contributed by atoms with van der Waals surface area (Å²) in [7, 11) is 2.04. The fraction of sp³-hybridized carbons (Fsp3) is 0.824. The summed E-state index contributed by atoms with van der Waals surface area (Å²) in [4.78, 5) is 16.5. The van der Waals surface area contributed by atoms with Gasteiger partial charge in [-0.25, -0.2) is 4.79 Å². The molecule has 2 N–H and O–H groups in total. The number of nitrogens with zero attached hydrogens (tertiary/aromatic N) is 2. The van der Waals surface area contributed by atoms with Crippen LogP contribution in [-0.2, 0) is 4.74 Å². The van der Waals surface area contributed by atoms with Crippen molar-refractivity contribution in [1.82, 2.24) is 15.1 Å². The Morgan fingerprint density at radius 1 is 1.48 bits per heavy atom. The Hall–Kier alpha value is -1.11. The van der Waals surface area contributed by atoms with Gasteiger partial charge in [-0.15, -0.1) is 6.58 Å². The molecule has 2 rings (SSSR count). The van der Waals surface area contributed by atoms with Crippen LogP contribution in [0.3, 0.4) is 0 Å². The van der Waals surface area contributed by atoms with Crippen LogP contribution in [0.25, 0.3) is 0 Å². The van der Waals surface area contributed by atoms with Crippen LogP contribution in [0.1, 0.15) is 32.6 Å². The van der Waals surface area contributed by atoms with Gasteiger partial charge in [0.25, 0.3) is 0 Å². The van der Waals surface area contributed by atoms with E-state index in [-0.39, 0.29) is 24.3 Å². The van der Waals surface area contributed by atoms with Crippen LogP contribution >= 0.6 is 0 Å². The van der Waals surface area contributed by atoms with E-state index in [0.717, 1.165) is 45.4 Å². The molecule has 0 aromatic heterocycles. The van der Waals surface area contributed by atoms with E-state index in [4.69, 9.17) is 4.74 Å². The molecule has 1 unspecified atom stereocenters.